The number of amides is 3. The molecule has 0 N–H and O–H groups in total. The highest BCUT2D eigenvalue weighted by Gasteiger charge is 2.40. The van der Waals surface area contributed by atoms with Crippen LogP contribution in [0.15, 0.2) is 18.2 Å². The summed E-state index contributed by atoms with van der Waals surface area (Å²) in [5, 5.41) is 0. The van der Waals surface area contributed by atoms with Crippen molar-refractivity contribution < 1.29 is 23.9 Å². The molecule has 3 aliphatic rings. The van der Waals surface area contributed by atoms with E-state index in [0.29, 0.717) is 18.7 Å². The Morgan fingerprint density at radius 2 is 1.55 bits per heavy atom. The zero-order valence-corrected chi connectivity index (χ0v) is 16.5. The molecule has 1 aromatic carbocycles. The van der Waals surface area contributed by atoms with E-state index in [0.717, 1.165) is 51.4 Å². The number of benzene rings is 1. The van der Waals surface area contributed by atoms with Gasteiger partial charge in [-0.3, -0.25) is 19.3 Å². The number of likely N-dealkylation sites (tertiary alicyclic amines) is 1. The van der Waals surface area contributed by atoms with E-state index < -0.39 is 5.97 Å². The van der Waals surface area contributed by atoms with Gasteiger partial charge in [-0.05, 0) is 50.3 Å². The summed E-state index contributed by atoms with van der Waals surface area (Å²) in [6.45, 7) is 1.09. The standard InChI is InChI=1S/C22H26N2O5/c25-19(23-11-5-2-6-12-23)14-29-22(28)15-9-10-17-18(13-15)21(27)24(20(17)26)16-7-3-1-4-8-16/h9-10,13,16H,1-8,11-12,14H2. The van der Waals surface area contributed by atoms with Gasteiger partial charge >= 0.3 is 5.97 Å². The number of nitrogens with zero attached hydrogens (tertiary/aromatic N) is 2. The SMILES string of the molecule is O=C(OCC(=O)N1CCCCC1)c1ccc2c(c1)C(=O)N(C1CCCCC1)C2=O. The zero-order chi connectivity index (χ0) is 20.4. The molecule has 1 aromatic rings. The van der Waals surface area contributed by atoms with Crippen LogP contribution in [0.1, 0.15) is 82.4 Å². The molecule has 0 bridgehead atoms. The molecule has 0 unspecified atom stereocenters. The summed E-state index contributed by atoms with van der Waals surface area (Å²) in [6, 6.07) is 4.36. The monoisotopic (exact) mass is 398 g/mol. The molecular weight excluding hydrogens is 372 g/mol. The largest absolute Gasteiger partial charge is 0.452 e. The molecule has 2 aliphatic heterocycles. The van der Waals surface area contributed by atoms with Crippen LogP contribution in [-0.2, 0) is 9.53 Å². The van der Waals surface area contributed by atoms with Crippen LogP contribution in [0.25, 0.3) is 0 Å². The number of carbonyl (C=O) groups excluding carboxylic acids is 4. The smallest absolute Gasteiger partial charge is 0.338 e. The molecule has 154 valence electrons. The van der Waals surface area contributed by atoms with Gasteiger partial charge in [0.2, 0.25) is 0 Å². The third-order valence-corrected chi connectivity index (χ3v) is 6.13. The molecule has 3 amide bonds. The summed E-state index contributed by atoms with van der Waals surface area (Å²) in [5.74, 6) is -1.48. The third kappa shape index (κ3) is 3.91. The number of esters is 1. The Balaban J connectivity index is 1.42. The van der Waals surface area contributed by atoms with Crippen molar-refractivity contribution in [2.24, 2.45) is 0 Å². The van der Waals surface area contributed by atoms with Gasteiger partial charge in [0.15, 0.2) is 6.61 Å². The van der Waals surface area contributed by atoms with E-state index in [1.807, 2.05) is 0 Å². The fourth-order valence-corrected chi connectivity index (χ4v) is 4.50. The fraction of sp³-hybridized carbons (Fsp3) is 0.545. The van der Waals surface area contributed by atoms with Gasteiger partial charge in [-0.25, -0.2) is 4.79 Å². The molecule has 4 rings (SSSR count). The summed E-state index contributed by atoms with van der Waals surface area (Å²) in [6.07, 6.45) is 7.88. The second kappa shape index (κ2) is 8.35. The second-order valence-corrected chi connectivity index (χ2v) is 8.05. The van der Waals surface area contributed by atoms with E-state index in [-0.39, 0.29) is 41.5 Å². The van der Waals surface area contributed by atoms with Crippen molar-refractivity contribution in [1.29, 1.82) is 0 Å². The van der Waals surface area contributed by atoms with Gasteiger partial charge in [0.25, 0.3) is 17.7 Å². The minimum atomic E-state index is -0.658. The molecule has 1 saturated carbocycles. The van der Waals surface area contributed by atoms with Crippen molar-refractivity contribution in [1.82, 2.24) is 9.80 Å². The van der Waals surface area contributed by atoms with Gasteiger partial charge in [0.05, 0.1) is 16.7 Å². The highest BCUT2D eigenvalue weighted by Crippen LogP contribution is 2.31. The topological polar surface area (TPSA) is 84.0 Å². The molecule has 1 saturated heterocycles. The molecule has 29 heavy (non-hydrogen) atoms. The van der Waals surface area contributed by atoms with Crippen LogP contribution in [0.3, 0.4) is 0 Å². The van der Waals surface area contributed by atoms with Crippen LogP contribution in [-0.4, -0.2) is 59.2 Å². The van der Waals surface area contributed by atoms with Crippen molar-refractivity contribution in [3.63, 3.8) is 0 Å². The maximum Gasteiger partial charge on any atom is 0.338 e. The average molecular weight is 398 g/mol. The van der Waals surface area contributed by atoms with Crippen molar-refractivity contribution in [2.45, 2.75) is 57.4 Å². The van der Waals surface area contributed by atoms with E-state index in [1.54, 1.807) is 4.90 Å². The maximum atomic E-state index is 12.8. The summed E-state index contributed by atoms with van der Waals surface area (Å²) >= 11 is 0. The first-order chi connectivity index (χ1) is 14.1. The minimum absolute atomic E-state index is 0.0614. The lowest BCUT2D eigenvalue weighted by Gasteiger charge is -2.29. The molecule has 0 aromatic heterocycles. The van der Waals surface area contributed by atoms with E-state index in [4.69, 9.17) is 4.74 Å². The molecule has 0 radical (unpaired) electrons. The number of carbonyl (C=O) groups is 4. The van der Waals surface area contributed by atoms with Gasteiger partial charge in [-0.15, -0.1) is 0 Å². The minimum Gasteiger partial charge on any atom is -0.452 e. The first-order valence-corrected chi connectivity index (χ1v) is 10.5. The fourth-order valence-electron chi connectivity index (χ4n) is 4.50. The highest BCUT2D eigenvalue weighted by molar-refractivity contribution is 6.22. The number of ether oxygens (including phenoxy) is 1. The normalized spacial score (nSPS) is 20.0. The lowest BCUT2D eigenvalue weighted by Crippen LogP contribution is -2.40. The number of rotatable bonds is 4. The van der Waals surface area contributed by atoms with Crippen molar-refractivity contribution in [3.8, 4) is 0 Å². The quantitative estimate of drug-likeness (QED) is 0.575. The number of piperidine rings is 1. The average Bonchev–Trinajstić information content (AvgIpc) is 3.02. The lowest BCUT2D eigenvalue weighted by atomic mass is 9.94. The molecule has 0 atom stereocenters. The first-order valence-electron chi connectivity index (χ1n) is 10.5. The third-order valence-electron chi connectivity index (χ3n) is 6.13. The Bertz CT molecular complexity index is 838. The van der Waals surface area contributed by atoms with Crippen LogP contribution >= 0.6 is 0 Å². The number of hydrogen-bond donors (Lipinski definition) is 0. The Hall–Kier alpha value is -2.70. The van der Waals surface area contributed by atoms with Crippen LogP contribution in [0.5, 0.6) is 0 Å². The Labute approximate surface area is 170 Å². The number of hydrogen-bond acceptors (Lipinski definition) is 5. The van der Waals surface area contributed by atoms with Gasteiger partial charge in [-0.2, -0.15) is 0 Å². The van der Waals surface area contributed by atoms with Crippen molar-refractivity contribution in [2.75, 3.05) is 19.7 Å². The predicted molar refractivity (Wildman–Crippen MR) is 105 cm³/mol. The van der Waals surface area contributed by atoms with Crippen LogP contribution in [0.2, 0.25) is 0 Å². The van der Waals surface area contributed by atoms with Crippen LogP contribution in [0, 0.1) is 0 Å². The Morgan fingerprint density at radius 3 is 2.28 bits per heavy atom. The number of imide groups is 1. The Morgan fingerprint density at radius 1 is 0.897 bits per heavy atom. The van der Waals surface area contributed by atoms with Crippen LogP contribution in [0.4, 0.5) is 0 Å². The molecule has 1 aliphatic carbocycles. The zero-order valence-electron chi connectivity index (χ0n) is 16.5. The molecule has 7 nitrogen and oxygen atoms in total. The Kier molecular flexibility index (Phi) is 5.65. The van der Waals surface area contributed by atoms with E-state index in [1.165, 1.54) is 23.1 Å². The van der Waals surface area contributed by atoms with Crippen LogP contribution < -0.4 is 0 Å². The van der Waals surface area contributed by atoms with Crippen molar-refractivity contribution >= 4 is 23.7 Å². The van der Waals surface area contributed by atoms with Crippen molar-refractivity contribution in [3.05, 3.63) is 34.9 Å². The van der Waals surface area contributed by atoms with Gasteiger partial charge < -0.3 is 9.64 Å². The highest BCUT2D eigenvalue weighted by atomic mass is 16.5. The van der Waals surface area contributed by atoms with E-state index >= 15 is 0 Å². The molecule has 7 heteroatoms. The molecular formula is C22H26N2O5. The lowest BCUT2D eigenvalue weighted by molar-refractivity contribution is -0.135. The second-order valence-electron chi connectivity index (χ2n) is 8.05. The summed E-state index contributed by atoms with van der Waals surface area (Å²) in [7, 11) is 0. The molecule has 2 fully saturated rings. The van der Waals surface area contributed by atoms with E-state index in [9.17, 15) is 19.2 Å². The molecule has 0 spiro atoms. The summed E-state index contributed by atoms with van der Waals surface area (Å²) < 4.78 is 5.17. The number of fused-ring (bicyclic) bond motifs is 1. The summed E-state index contributed by atoms with van der Waals surface area (Å²) in [4.78, 5) is 53.2. The maximum absolute atomic E-state index is 12.8. The van der Waals surface area contributed by atoms with Gasteiger partial charge in [0, 0.05) is 19.1 Å². The first kappa shape index (κ1) is 19.6. The predicted octanol–water partition coefficient (Wildman–Crippen LogP) is 2.78. The molecule has 2 heterocycles. The summed E-state index contributed by atoms with van der Waals surface area (Å²) in [5.41, 5.74) is 0.765. The van der Waals surface area contributed by atoms with Gasteiger partial charge in [0.1, 0.15) is 0 Å². The van der Waals surface area contributed by atoms with Gasteiger partial charge in [-0.1, -0.05) is 19.3 Å². The van der Waals surface area contributed by atoms with E-state index in [2.05, 4.69) is 0 Å².